The maximum absolute atomic E-state index is 2.56. The second-order valence-corrected chi connectivity index (χ2v) is 27.0. The quantitative estimate of drug-likeness (QED) is 0.453. The predicted octanol–water partition coefficient (Wildman–Crippen LogP) is 6.43. The normalized spacial score (nSPS) is 15.5. The van der Waals surface area contributed by atoms with E-state index in [2.05, 4.69) is 65.8 Å². The van der Waals surface area contributed by atoms with E-state index in [-0.39, 0.29) is 0 Å². The summed E-state index contributed by atoms with van der Waals surface area (Å²) in [6.45, 7) is 26.4. The minimum Gasteiger partial charge on any atom is -0.0766 e. The summed E-state index contributed by atoms with van der Waals surface area (Å²) in [6, 6.07) is 3.05. The molecule has 0 rings (SSSR count). The molecule has 0 aromatic rings. The third-order valence-electron chi connectivity index (χ3n) is 4.60. The van der Waals surface area contributed by atoms with E-state index in [9.17, 15) is 0 Å². The molecule has 4 heteroatoms. The predicted molar refractivity (Wildman–Crippen MR) is 104 cm³/mol. The summed E-state index contributed by atoms with van der Waals surface area (Å²) in [5, 5.41) is 0. The molecule has 19 heavy (non-hydrogen) atoms. The van der Waals surface area contributed by atoms with Gasteiger partial charge in [0, 0.05) is 24.2 Å². The molecule has 0 aromatic heterocycles. The third kappa shape index (κ3) is 10.1. The van der Waals surface area contributed by atoms with E-state index in [4.69, 9.17) is 0 Å². The van der Waals surface area contributed by atoms with Crippen molar-refractivity contribution in [1.29, 1.82) is 0 Å². The van der Waals surface area contributed by atoms with Crippen LogP contribution in [0, 0.1) is 0 Å². The zero-order chi connectivity index (χ0) is 15.5. The Balaban J connectivity index is 4.65. The lowest BCUT2D eigenvalue weighted by atomic mass is 9.43. The molecular formula is C15H39BSi3. The zero-order valence-electron chi connectivity index (χ0n) is 15.5. The van der Waals surface area contributed by atoms with Crippen molar-refractivity contribution in [3.8, 4) is 0 Å². The monoisotopic (exact) mass is 314 g/mol. The fraction of sp³-hybridized carbons (Fsp3) is 1.00. The van der Waals surface area contributed by atoms with Crippen LogP contribution in [0.4, 0.5) is 0 Å². The Morgan fingerprint density at radius 3 is 1.21 bits per heavy atom. The molecule has 0 aliphatic rings. The highest BCUT2D eigenvalue weighted by atomic mass is 28.3. The van der Waals surface area contributed by atoms with Crippen molar-refractivity contribution in [1.82, 2.24) is 0 Å². The van der Waals surface area contributed by atoms with E-state index in [0.29, 0.717) is 0 Å². The lowest BCUT2D eigenvalue weighted by Crippen LogP contribution is -2.39. The van der Waals surface area contributed by atoms with E-state index >= 15 is 0 Å². The minimum absolute atomic E-state index is 0.873. The molecule has 0 aliphatic carbocycles. The van der Waals surface area contributed by atoms with Crippen LogP contribution >= 0.6 is 0 Å². The van der Waals surface area contributed by atoms with Gasteiger partial charge in [0.05, 0.1) is 0 Å². The Kier molecular flexibility index (Phi) is 7.39. The highest BCUT2D eigenvalue weighted by Gasteiger charge is 2.33. The molecule has 0 spiro atoms. The second kappa shape index (κ2) is 7.12. The molecule has 0 fully saturated rings. The van der Waals surface area contributed by atoms with Crippen molar-refractivity contribution in [3.05, 3.63) is 0 Å². The number of hydrogen-bond acceptors (Lipinski definition) is 0. The first-order chi connectivity index (χ1) is 8.22. The van der Waals surface area contributed by atoms with Crippen molar-refractivity contribution < 1.29 is 0 Å². The maximum atomic E-state index is 2.56. The largest absolute Gasteiger partial charge is 0.139 e. The molecule has 0 amide bonds. The number of hydrogen-bond donors (Lipinski definition) is 0. The van der Waals surface area contributed by atoms with Crippen molar-refractivity contribution in [2.75, 3.05) is 0 Å². The summed E-state index contributed by atoms with van der Waals surface area (Å²) in [5.74, 6) is 0. The molecule has 0 radical (unpaired) electrons. The van der Waals surface area contributed by atoms with Crippen LogP contribution in [-0.4, -0.2) is 30.9 Å². The summed E-state index contributed by atoms with van der Waals surface area (Å²) < 4.78 is 0. The van der Waals surface area contributed by atoms with Crippen LogP contribution in [0.15, 0.2) is 0 Å². The van der Waals surface area contributed by atoms with Gasteiger partial charge in [-0.3, -0.25) is 0 Å². The first-order valence-electron chi connectivity index (χ1n) is 8.22. The zero-order valence-corrected chi connectivity index (χ0v) is 18.5. The third-order valence-corrected chi connectivity index (χ3v) is 11.4. The maximum Gasteiger partial charge on any atom is 0.139 e. The summed E-state index contributed by atoms with van der Waals surface area (Å²) in [5.41, 5.74) is 0.986. The standard InChI is InChI=1S/C15H39BSi3/c1-15(19(8,9)10)16(11-13-17(2,3)4)12-14-18(5,6)7/h15H,11-14H2,1-10H3. The Morgan fingerprint density at radius 2 is 1.00 bits per heavy atom. The Morgan fingerprint density at radius 1 is 0.684 bits per heavy atom. The molecule has 0 bridgehead atoms. The molecule has 0 heterocycles. The highest BCUT2D eigenvalue weighted by molar-refractivity contribution is 6.91. The SMILES string of the molecule is CC(B(CC[Si](C)(C)C)CC[Si](C)(C)C)[Si](C)(C)C. The van der Waals surface area contributed by atoms with Crippen LogP contribution in [0.2, 0.25) is 89.1 Å². The average molecular weight is 315 g/mol. The molecule has 0 N–H and O–H groups in total. The summed E-state index contributed by atoms with van der Waals surface area (Å²) in [4.78, 5) is 0. The summed E-state index contributed by atoms with van der Waals surface area (Å²) >= 11 is 0. The summed E-state index contributed by atoms with van der Waals surface area (Å²) in [7, 11) is -2.73. The molecular weight excluding hydrogens is 275 g/mol. The lowest BCUT2D eigenvalue weighted by Gasteiger charge is -2.33. The van der Waals surface area contributed by atoms with E-state index in [1.807, 2.05) is 0 Å². The topological polar surface area (TPSA) is 0 Å². The molecule has 0 nitrogen and oxygen atoms in total. The smallest absolute Gasteiger partial charge is 0.0766 e. The van der Waals surface area contributed by atoms with E-state index in [0.717, 1.165) is 12.2 Å². The average Bonchev–Trinajstić information content (AvgIpc) is 2.12. The van der Waals surface area contributed by atoms with Gasteiger partial charge in [0.1, 0.15) is 6.71 Å². The van der Waals surface area contributed by atoms with Gasteiger partial charge in [-0.05, 0) is 0 Å². The Bertz CT molecular complexity index is 240. The Labute approximate surface area is 127 Å². The van der Waals surface area contributed by atoms with Crippen molar-refractivity contribution >= 4 is 30.9 Å². The molecule has 0 saturated carbocycles. The fourth-order valence-corrected chi connectivity index (χ4v) is 6.81. The van der Waals surface area contributed by atoms with Gasteiger partial charge in [-0.25, -0.2) is 0 Å². The van der Waals surface area contributed by atoms with Crippen LogP contribution < -0.4 is 0 Å². The van der Waals surface area contributed by atoms with E-state index in [1.54, 1.807) is 0 Å². The first kappa shape index (κ1) is 19.7. The van der Waals surface area contributed by atoms with Gasteiger partial charge in [0.15, 0.2) is 0 Å². The molecule has 0 aromatic carbocycles. The first-order valence-corrected chi connectivity index (χ1v) is 19.2. The van der Waals surface area contributed by atoms with Gasteiger partial charge in [-0.1, -0.05) is 96.0 Å². The van der Waals surface area contributed by atoms with Crippen LogP contribution in [0.1, 0.15) is 6.92 Å². The van der Waals surface area contributed by atoms with Crippen LogP contribution in [-0.2, 0) is 0 Å². The molecule has 0 saturated heterocycles. The van der Waals surface area contributed by atoms with E-state index in [1.165, 1.54) is 24.7 Å². The van der Waals surface area contributed by atoms with Gasteiger partial charge in [0.25, 0.3) is 0 Å². The lowest BCUT2D eigenvalue weighted by molar-refractivity contribution is 1.11. The van der Waals surface area contributed by atoms with Crippen molar-refractivity contribution in [2.45, 2.75) is 96.0 Å². The fourth-order valence-electron chi connectivity index (χ4n) is 2.59. The molecule has 114 valence electrons. The minimum atomic E-state index is -0.985. The number of rotatable bonds is 8. The van der Waals surface area contributed by atoms with Gasteiger partial charge in [-0.2, -0.15) is 0 Å². The molecule has 1 unspecified atom stereocenters. The highest BCUT2D eigenvalue weighted by Crippen LogP contribution is 2.32. The van der Waals surface area contributed by atoms with Gasteiger partial charge in [-0.15, -0.1) is 0 Å². The van der Waals surface area contributed by atoms with Crippen molar-refractivity contribution in [2.24, 2.45) is 0 Å². The van der Waals surface area contributed by atoms with Gasteiger partial charge >= 0.3 is 0 Å². The summed E-state index contributed by atoms with van der Waals surface area (Å²) in [6.07, 6.45) is 3.01. The second-order valence-electron chi connectivity index (χ2n) is 10.1. The van der Waals surface area contributed by atoms with Crippen LogP contribution in [0.25, 0.3) is 0 Å². The van der Waals surface area contributed by atoms with Gasteiger partial charge < -0.3 is 0 Å². The van der Waals surface area contributed by atoms with Crippen LogP contribution in [0.3, 0.4) is 0 Å². The molecule has 0 aliphatic heterocycles. The van der Waals surface area contributed by atoms with Gasteiger partial charge in [0.2, 0.25) is 0 Å². The molecule has 1 atom stereocenters. The Hall–Kier alpha value is 0.716. The van der Waals surface area contributed by atoms with Crippen LogP contribution in [0.5, 0.6) is 0 Å². The van der Waals surface area contributed by atoms with Crippen molar-refractivity contribution in [3.63, 3.8) is 0 Å². The van der Waals surface area contributed by atoms with E-state index < -0.39 is 24.2 Å².